The molecule has 0 aromatic heterocycles. The lowest BCUT2D eigenvalue weighted by Crippen LogP contribution is -1.87. The van der Waals surface area contributed by atoms with Gasteiger partial charge in [0.25, 0.3) is 0 Å². The van der Waals surface area contributed by atoms with Crippen LogP contribution in [0, 0.1) is 0 Å². The second-order valence-electron chi connectivity index (χ2n) is 1.58. The largest absolute Gasteiger partial charge is 0.474 e. The van der Waals surface area contributed by atoms with Gasteiger partial charge in [-0.25, -0.2) is 0 Å². The Morgan fingerprint density at radius 3 is 1.73 bits per heavy atom. The van der Waals surface area contributed by atoms with Crippen molar-refractivity contribution in [3.05, 3.63) is 35.5 Å². The highest BCUT2D eigenvalue weighted by Gasteiger charge is 1.93. The van der Waals surface area contributed by atoms with Crippen molar-refractivity contribution in [1.29, 1.82) is 0 Å². The third-order valence-corrected chi connectivity index (χ3v) is 0.729. The highest BCUT2D eigenvalue weighted by molar-refractivity contribution is 4.89. The molecule has 0 rings (SSSR count). The number of hydrogen-bond donors (Lipinski definition) is 2. The van der Waals surface area contributed by atoms with E-state index in [2.05, 4.69) is 16.2 Å². The minimum Gasteiger partial charge on any atom is -0.474 e. The molecule has 0 aromatic rings. The molecule has 0 saturated heterocycles. The molecule has 0 fully saturated rings. The van der Waals surface area contributed by atoms with Crippen LogP contribution >= 0.6 is 0 Å². The van der Waals surface area contributed by atoms with Crippen LogP contribution in [0.1, 0.15) is 13.8 Å². The van der Waals surface area contributed by atoms with Crippen LogP contribution in [0.25, 0.3) is 0 Å². The number of aliphatic hydroxyl groups excluding tert-OH is 2. The summed E-state index contributed by atoms with van der Waals surface area (Å²) in [7, 11) is 0. The highest BCUT2D eigenvalue weighted by Crippen LogP contribution is 1.96. The first kappa shape index (κ1) is 9.44. The van der Waals surface area contributed by atoms with Crippen molar-refractivity contribution in [2.75, 3.05) is 0 Å². The van der Waals surface area contributed by atoms with Gasteiger partial charge < -0.3 is 14.9 Å². The Bertz CT molecular complexity index is 212. The van der Waals surface area contributed by atoms with Crippen LogP contribution in [-0.4, -0.2) is 10.2 Å². The summed E-state index contributed by atoms with van der Waals surface area (Å²) < 4.78 is 4.39. The Kier molecular flexibility index (Phi) is 4.50. The average Bonchev–Trinajstić information content (AvgIpc) is 1.87. The smallest absolute Gasteiger partial charge is 0.333 e. The third-order valence-electron chi connectivity index (χ3n) is 0.729. The molecule has 0 radical (unpaired) electrons. The van der Waals surface area contributed by atoms with Gasteiger partial charge >= 0.3 is 11.9 Å². The fourth-order valence-corrected chi connectivity index (χ4v) is 0.397. The van der Waals surface area contributed by atoms with Gasteiger partial charge in [0.05, 0.1) is 0 Å². The summed E-state index contributed by atoms with van der Waals surface area (Å²) in [5.74, 6) is -0.973. The Balaban J connectivity index is 4.29. The lowest BCUT2D eigenvalue weighted by molar-refractivity contribution is 0.0700. The number of ether oxygens (including phenoxy) is 1. The number of hydrogen-bond acceptors (Lipinski definition) is 3. The summed E-state index contributed by atoms with van der Waals surface area (Å²) in [6.07, 6.45) is 2.91. The lowest BCUT2D eigenvalue weighted by atomic mass is 10.6. The topological polar surface area (TPSA) is 49.7 Å². The Morgan fingerprint density at radius 1 is 1.09 bits per heavy atom. The highest BCUT2D eigenvalue weighted by atomic mass is 16.7. The van der Waals surface area contributed by atoms with Gasteiger partial charge in [-0.2, -0.15) is 0 Å². The van der Waals surface area contributed by atoms with Crippen LogP contribution < -0.4 is 0 Å². The zero-order valence-electron chi connectivity index (χ0n) is 6.46. The molecule has 0 bridgehead atoms. The van der Waals surface area contributed by atoms with E-state index in [1.807, 2.05) is 0 Å². The van der Waals surface area contributed by atoms with Gasteiger partial charge in [0, 0.05) is 0 Å². The first-order chi connectivity index (χ1) is 5.20. The maximum Gasteiger partial charge on any atom is 0.333 e. The number of aliphatic hydroxyl groups is 2. The molecular weight excluding hydrogens is 144 g/mol. The van der Waals surface area contributed by atoms with Crippen molar-refractivity contribution >= 4 is 0 Å². The second-order valence-corrected chi connectivity index (χ2v) is 1.58. The summed E-state index contributed by atoms with van der Waals surface area (Å²) in [5, 5.41) is 17.5. The molecule has 0 unspecified atom stereocenters. The predicted molar refractivity (Wildman–Crippen MR) is 40.9 cm³/mol. The molecule has 3 nitrogen and oxygen atoms in total. The Morgan fingerprint density at radius 2 is 1.45 bits per heavy atom. The summed E-state index contributed by atoms with van der Waals surface area (Å²) in [6, 6.07) is 0. The predicted octanol–water partition coefficient (Wildman–Crippen LogP) is 2.15. The molecule has 60 valence electrons. The van der Waals surface area contributed by atoms with Crippen molar-refractivity contribution in [2.45, 2.75) is 13.8 Å². The van der Waals surface area contributed by atoms with Crippen molar-refractivity contribution < 1.29 is 14.9 Å². The first-order valence-electron chi connectivity index (χ1n) is 3.09. The van der Waals surface area contributed by atoms with E-state index in [1.165, 1.54) is 12.2 Å². The molecule has 0 aliphatic carbocycles. The zero-order valence-corrected chi connectivity index (χ0v) is 6.46. The first-order valence-corrected chi connectivity index (χ1v) is 3.09. The van der Waals surface area contributed by atoms with Gasteiger partial charge in [-0.3, -0.25) is 0 Å². The molecule has 2 N–H and O–H groups in total. The van der Waals surface area contributed by atoms with E-state index in [1.54, 1.807) is 13.8 Å². The zero-order chi connectivity index (χ0) is 8.69. The normalized spacial score (nSPS) is 7.09. The van der Waals surface area contributed by atoms with Crippen molar-refractivity contribution in [1.82, 2.24) is 0 Å². The molecule has 0 heterocycles. The van der Waals surface area contributed by atoms with Gasteiger partial charge in [-0.05, 0) is 37.5 Å². The minimum atomic E-state index is -0.487. The van der Waals surface area contributed by atoms with Crippen LogP contribution in [0.15, 0.2) is 35.5 Å². The van der Waals surface area contributed by atoms with E-state index in [0.717, 1.165) is 0 Å². The summed E-state index contributed by atoms with van der Waals surface area (Å²) in [6.45, 7) is 3.33. The van der Waals surface area contributed by atoms with Gasteiger partial charge in [0.15, 0.2) is 0 Å². The van der Waals surface area contributed by atoms with E-state index >= 15 is 0 Å². The summed E-state index contributed by atoms with van der Waals surface area (Å²) >= 11 is 0. The fourth-order valence-electron chi connectivity index (χ4n) is 0.397. The molecule has 11 heavy (non-hydrogen) atoms. The van der Waals surface area contributed by atoms with Crippen molar-refractivity contribution in [2.24, 2.45) is 0 Å². The van der Waals surface area contributed by atoms with Crippen LogP contribution in [-0.2, 0) is 4.74 Å². The third kappa shape index (κ3) is 4.91. The van der Waals surface area contributed by atoms with E-state index in [0.29, 0.717) is 0 Å². The SMILES string of the molecule is CC=C=C(O)OC(O)=C=CC. The van der Waals surface area contributed by atoms with Crippen LogP contribution in [0.4, 0.5) is 0 Å². The fraction of sp³-hybridized carbons (Fsp3) is 0.250. The van der Waals surface area contributed by atoms with Gasteiger partial charge in [0.2, 0.25) is 0 Å². The van der Waals surface area contributed by atoms with Crippen LogP contribution in [0.5, 0.6) is 0 Å². The average molecular weight is 154 g/mol. The molecule has 0 atom stereocenters. The maximum atomic E-state index is 8.76. The number of rotatable bonds is 2. The van der Waals surface area contributed by atoms with E-state index < -0.39 is 11.9 Å². The molecule has 3 heteroatoms. The number of allylic oxidation sites excluding steroid dienone is 2. The second kappa shape index (κ2) is 5.24. The van der Waals surface area contributed by atoms with Crippen LogP contribution in [0.3, 0.4) is 0 Å². The van der Waals surface area contributed by atoms with E-state index in [-0.39, 0.29) is 0 Å². The lowest BCUT2D eigenvalue weighted by Gasteiger charge is -1.95. The molecule has 0 aromatic carbocycles. The minimum absolute atomic E-state index is 0.487. The molecule has 0 saturated carbocycles. The molecule has 0 aliphatic heterocycles. The molecular formula is C8H10O3. The van der Waals surface area contributed by atoms with Gasteiger partial charge in [-0.15, -0.1) is 0 Å². The van der Waals surface area contributed by atoms with Gasteiger partial charge in [-0.1, -0.05) is 0 Å². The van der Waals surface area contributed by atoms with Crippen LogP contribution in [0.2, 0.25) is 0 Å². The summed E-state index contributed by atoms with van der Waals surface area (Å²) in [4.78, 5) is 0. The molecule has 0 aliphatic rings. The monoisotopic (exact) mass is 154 g/mol. The van der Waals surface area contributed by atoms with E-state index in [4.69, 9.17) is 10.2 Å². The van der Waals surface area contributed by atoms with Crippen molar-refractivity contribution in [3.8, 4) is 0 Å². The molecule has 0 amide bonds. The Labute approximate surface area is 65.2 Å². The quantitative estimate of drug-likeness (QED) is 0.473. The van der Waals surface area contributed by atoms with E-state index in [9.17, 15) is 0 Å². The van der Waals surface area contributed by atoms with Crippen molar-refractivity contribution in [3.63, 3.8) is 0 Å². The molecule has 0 spiro atoms. The maximum absolute atomic E-state index is 8.76. The van der Waals surface area contributed by atoms with Gasteiger partial charge in [0.1, 0.15) is 0 Å². The Hall–Kier alpha value is -1.56. The standard InChI is InChI=1S/C8H10O3/c1-3-5-7(9)11-8(10)6-4-2/h3-4,9-10H,1-2H3. The summed E-state index contributed by atoms with van der Waals surface area (Å²) in [5.41, 5.74) is 4.65.